The second-order valence-corrected chi connectivity index (χ2v) is 7.97. The molecule has 4 nitrogen and oxygen atoms in total. The Hall–Kier alpha value is -3.09. The Morgan fingerprint density at radius 2 is 1.61 bits per heavy atom. The highest BCUT2D eigenvalue weighted by molar-refractivity contribution is 6.09. The van der Waals surface area contributed by atoms with Crippen LogP contribution >= 0.6 is 0 Å². The molecule has 0 aliphatic carbocycles. The van der Waals surface area contributed by atoms with Crippen molar-refractivity contribution in [2.45, 2.75) is 19.5 Å². The number of halogens is 3. The number of nitrogens with one attached hydrogen (secondary N) is 1. The molecular weight excluding hydrogens is 401 g/mol. The maximum Gasteiger partial charge on any atom is 0.416 e. The van der Waals surface area contributed by atoms with Crippen molar-refractivity contribution in [3.8, 4) is 11.1 Å². The van der Waals surface area contributed by atoms with Crippen molar-refractivity contribution >= 4 is 17.1 Å². The fourth-order valence-corrected chi connectivity index (χ4v) is 4.10. The van der Waals surface area contributed by atoms with Crippen molar-refractivity contribution in [2.24, 2.45) is 4.99 Å². The molecule has 2 aliphatic heterocycles. The minimum Gasteiger partial charge on any atom is -0.370 e. The van der Waals surface area contributed by atoms with Crippen LogP contribution in [0.1, 0.15) is 18.9 Å². The number of hydrogen-bond acceptors (Lipinski definition) is 4. The number of nitrogens with zero attached hydrogens (tertiary/aromatic N) is 3. The molecule has 0 saturated carbocycles. The van der Waals surface area contributed by atoms with Gasteiger partial charge < -0.3 is 15.2 Å². The van der Waals surface area contributed by atoms with Gasteiger partial charge >= 0.3 is 6.18 Å². The predicted molar refractivity (Wildman–Crippen MR) is 119 cm³/mol. The number of anilines is 1. The summed E-state index contributed by atoms with van der Waals surface area (Å²) in [6, 6.07) is 13.3. The summed E-state index contributed by atoms with van der Waals surface area (Å²) in [4.78, 5) is 9.17. The molecule has 4 rings (SSSR count). The second-order valence-electron chi connectivity index (χ2n) is 7.97. The van der Waals surface area contributed by atoms with E-state index in [0.29, 0.717) is 18.7 Å². The highest BCUT2D eigenvalue weighted by atomic mass is 19.4. The third-order valence-corrected chi connectivity index (χ3v) is 5.68. The molecule has 2 aromatic carbocycles. The van der Waals surface area contributed by atoms with Gasteiger partial charge in [-0.3, -0.25) is 4.99 Å². The van der Waals surface area contributed by atoms with E-state index in [2.05, 4.69) is 20.9 Å². The molecule has 0 atom stereocenters. The quantitative estimate of drug-likeness (QED) is 0.663. The van der Waals surface area contributed by atoms with E-state index in [1.807, 2.05) is 24.3 Å². The van der Waals surface area contributed by atoms with Crippen LogP contribution in [-0.2, 0) is 6.18 Å². The Morgan fingerprint density at radius 1 is 0.968 bits per heavy atom. The van der Waals surface area contributed by atoms with Crippen LogP contribution in [0.15, 0.2) is 65.3 Å². The van der Waals surface area contributed by atoms with Gasteiger partial charge in [-0.15, -0.1) is 0 Å². The molecule has 0 unspecified atom stereocenters. The van der Waals surface area contributed by atoms with E-state index in [-0.39, 0.29) is 0 Å². The molecule has 1 N–H and O–H groups in total. The predicted octanol–water partition coefficient (Wildman–Crippen LogP) is 5.26. The van der Waals surface area contributed by atoms with Crippen molar-refractivity contribution < 1.29 is 13.2 Å². The minimum atomic E-state index is -4.33. The molecule has 2 heterocycles. The van der Waals surface area contributed by atoms with Crippen molar-refractivity contribution in [3.63, 3.8) is 0 Å². The SMILES string of the molecule is CC(=N)CC1=NCC(N2CCN(c3ccccc3-c3ccc(C(F)(F)F)cc3)CC2)=C1. The average Bonchev–Trinajstić information content (AvgIpc) is 3.21. The van der Waals surface area contributed by atoms with Gasteiger partial charge in [-0.05, 0) is 36.8 Å². The molecule has 1 saturated heterocycles. The topological polar surface area (TPSA) is 42.7 Å². The zero-order valence-corrected chi connectivity index (χ0v) is 17.4. The smallest absolute Gasteiger partial charge is 0.370 e. The zero-order chi connectivity index (χ0) is 22.0. The van der Waals surface area contributed by atoms with Crippen molar-refractivity contribution in [1.29, 1.82) is 5.41 Å². The van der Waals surface area contributed by atoms with Gasteiger partial charge in [0.25, 0.3) is 0 Å². The molecule has 2 aliphatic rings. The molecule has 0 bridgehead atoms. The van der Waals surface area contributed by atoms with E-state index in [9.17, 15) is 13.2 Å². The van der Waals surface area contributed by atoms with Gasteiger partial charge in [0.1, 0.15) is 0 Å². The van der Waals surface area contributed by atoms with E-state index in [4.69, 9.17) is 5.41 Å². The van der Waals surface area contributed by atoms with Crippen molar-refractivity contribution in [3.05, 3.63) is 65.9 Å². The molecule has 0 spiro atoms. The van der Waals surface area contributed by atoms with Gasteiger partial charge in [0.15, 0.2) is 0 Å². The van der Waals surface area contributed by atoms with Crippen LogP contribution in [0.4, 0.5) is 18.9 Å². The maximum absolute atomic E-state index is 12.9. The third-order valence-electron chi connectivity index (χ3n) is 5.68. The van der Waals surface area contributed by atoms with E-state index in [0.717, 1.165) is 60.8 Å². The number of benzene rings is 2. The number of rotatable bonds is 5. The first-order valence-electron chi connectivity index (χ1n) is 10.4. The summed E-state index contributed by atoms with van der Waals surface area (Å²) in [5, 5.41) is 7.64. The molecule has 0 aromatic heterocycles. The highest BCUT2D eigenvalue weighted by Crippen LogP contribution is 2.35. The van der Waals surface area contributed by atoms with Gasteiger partial charge in [0.05, 0.1) is 12.1 Å². The van der Waals surface area contributed by atoms with Crippen LogP contribution in [0.5, 0.6) is 0 Å². The molecule has 7 heteroatoms. The van der Waals surface area contributed by atoms with Crippen LogP contribution in [0.2, 0.25) is 0 Å². The minimum absolute atomic E-state index is 0.601. The lowest BCUT2D eigenvalue weighted by atomic mass is 10.0. The summed E-state index contributed by atoms with van der Waals surface area (Å²) in [7, 11) is 0. The second kappa shape index (κ2) is 8.57. The fourth-order valence-electron chi connectivity index (χ4n) is 4.10. The first kappa shape index (κ1) is 21.2. The molecule has 2 aromatic rings. The molecule has 31 heavy (non-hydrogen) atoms. The maximum atomic E-state index is 12.9. The summed E-state index contributed by atoms with van der Waals surface area (Å²) in [5.41, 5.74) is 4.91. The fraction of sp³-hybridized carbons (Fsp3) is 0.333. The van der Waals surface area contributed by atoms with E-state index >= 15 is 0 Å². The Labute approximate surface area is 180 Å². The summed E-state index contributed by atoms with van der Waals surface area (Å²) >= 11 is 0. The number of hydrogen-bond donors (Lipinski definition) is 1. The standard InChI is InChI=1S/C24H25F3N4/c1-17(28)14-20-15-21(16-29-20)30-10-12-31(13-11-30)23-5-3-2-4-22(23)18-6-8-19(9-7-18)24(25,26)27/h2-9,15,28H,10-14,16H2,1H3. The van der Waals surface area contributed by atoms with E-state index in [1.165, 1.54) is 5.70 Å². The summed E-state index contributed by atoms with van der Waals surface area (Å²) in [5.74, 6) is 0. The lowest BCUT2D eigenvalue weighted by Crippen LogP contribution is -2.46. The van der Waals surface area contributed by atoms with Crippen molar-refractivity contribution in [2.75, 3.05) is 37.6 Å². The molecule has 1 fully saturated rings. The number of para-hydroxylation sites is 1. The summed E-state index contributed by atoms with van der Waals surface area (Å²) in [6.45, 7) is 5.84. The third kappa shape index (κ3) is 4.81. The number of alkyl halides is 3. The number of aliphatic imine (C=N–C) groups is 1. The van der Waals surface area contributed by atoms with Gasteiger partial charge in [0.2, 0.25) is 0 Å². The van der Waals surface area contributed by atoms with Crippen LogP contribution in [0, 0.1) is 5.41 Å². The molecule has 0 radical (unpaired) electrons. The molecular formula is C24H25F3N4. The Kier molecular flexibility index (Phi) is 5.85. The Bertz CT molecular complexity index is 1010. The number of piperazine rings is 1. The Morgan fingerprint density at radius 3 is 2.26 bits per heavy atom. The lowest BCUT2D eigenvalue weighted by Gasteiger charge is -2.38. The normalized spacial score (nSPS) is 16.9. The average molecular weight is 426 g/mol. The van der Waals surface area contributed by atoms with Gasteiger partial charge in [0, 0.05) is 61.0 Å². The Balaban J connectivity index is 1.46. The van der Waals surface area contributed by atoms with Gasteiger partial charge in [-0.2, -0.15) is 13.2 Å². The van der Waals surface area contributed by atoms with Crippen LogP contribution in [0.3, 0.4) is 0 Å². The monoisotopic (exact) mass is 426 g/mol. The highest BCUT2D eigenvalue weighted by Gasteiger charge is 2.30. The largest absolute Gasteiger partial charge is 0.416 e. The summed E-state index contributed by atoms with van der Waals surface area (Å²) < 4.78 is 38.7. The van der Waals surface area contributed by atoms with Crippen molar-refractivity contribution in [1.82, 2.24) is 4.90 Å². The van der Waals surface area contributed by atoms with Gasteiger partial charge in [-0.1, -0.05) is 30.3 Å². The number of allylic oxidation sites excluding steroid dienone is 1. The lowest BCUT2D eigenvalue weighted by molar-refractivity contribution is -0.137. The molecule has 0 amide bonds. The first-order chi connectivity index (χ1) is 14.8. The van der Waals surface area contributed by atoms with Crippen LogP contribution < -0.4 is 4.90 Å². The van der Waals surface area contributed by atoms with Crippen LogP contribution in [-0.4, -0.2) is 49.0 Å². The molecule has 162 valence electrons. The first-order valence-corrected chi connectivity index (χ1v) is 10.4. The van der Waals surface area contributed by atoms with Gasteiger partial charge in [-0.25, -0.2) is 0 Å². The van der Waals surface area contributed by atoms with Crippen LogP contribution in [0.25, 0.3) is 11.1 Å². The van der Waals surface area contributed by atoms with E-state index < -0.39 is 11.7 Å². The zero-order valence-electron chi connectivity index (χ0n) is 17.4. The van der Waals surface area contributed by atoms with E-state index in [1.54, 1.807) is 19.1 Å². The summed E-state index contributed by atoms with van der Waals surface area (Å²) in [6.07, 6.45) is -1.63.